The Morgan fingerprint density at radius 2 is 1.63 bits per heavy atom. The Hall–Kier alpha value is -1.18. The van der Waals surface area contributed by atoms with Gasteiger partial charge in [0.25, 0.3) is 0 Å². The topological polar surface area (TPSA) is 77.1 Å². The summed E-state index contributed by atoms with van der Waals surface area (Å²) >= 11 is 0. The number of esters is 1. The molecule has 1 N–H and O–H groups in total. The van der Waals surface area contributed by atoms with Crippen LogP contribution in [0.15, 0.2) is 0 Å². The molecular weight excluding hydrogens is 252 g/mol. The van der Waals surface area contributed by atoms with Crippen molar-refractivity contribution in [2.75, 3.05) is 54.2 Å². The maximum absolute atomic E-state index is 11.6. The zero-order valence-corrected chi connectivity index (χ0v) is 12.1. The van der Waals surface area contributed by atoms with Crippen molar-refractivity contribution in [3.8, 4) is 0 Å². The first kappa shape index (κ1) is 17.8. The van der Waals surface area contributed by atoms with E-state index >= 15 is 0 Å². The van der Waals surface area contributed by atoms with Crippen LogP contribution in [-0.2, 0) is 23.8 Å². The van der Waals surface area contributed by atoms with Crippen LogP contribution in [0.25, 0.3) is 0 Å². The van der Waals surface area contributed by atoms with E-state index in [2.05, 4.69) is 10.1 Å². The van der Waals surface area contributed by atoms with Crippen LogP contribution < -0.4 is 5.32 Å². The molecule has 0 fully saturated rings. The molecule has 112 valence electrons. The van der Waals surface area contributed by atoms with Gasteiger partial charge in [-0.15, -0.1) is 0 Å². The van der Waals surface area contributed by atoms with Crippen LogP contribution in [0.3, 0.4) is 0 Å². The summed E-state index contributed by atoms with van der Waals surface area (Å²) in [7, 11) is 4.52. The summed E-state index contributed by atoms with van der Waals surface area (Å²) in [6.45, 7) is 4.10. The molecule has 0 radical (unpaired) electrons. The highest BCUT2D eigenvalue weighted by atomic mass is 16.5. The Balaban J connectivity index is 4.50. The Bertz CT molecular complexity index is 265. The van der Waals surface area contributed by atoms with E-state index in [1.807, 2.05) is 4.90 Å². The fraction of sp³-hybridized carbons (Fsp3) is 0.833. The largest absolute Gasteiger partial charge is 0.467 e. The van der Waals surface area contributed by atoms with Crippen LogP contribution >= 0.6 is 0 Å². The molecule has 0 aliphatic rings. The monoisotopic (exact) mass is 276 g/mol. The second kappa shape index (κ2) is 10.7. The molecule has 1 unspecified atom stereocenters. The third-order valence-electron chi connectivity index (χ3n) is 2.53. The first-order valence-corrected chi connectivity index (χ1v) is 6.10. The third-order valence-corrected chi connectivity index (χ3v) is 2.53. The van der Waals surface area contributed by atoms with Crippen molar-refractivity contribution in [3.63, 3.8) is 0 Å². The second-order valence-electron chi connectivity index (χ2n) is 4.06. The van der Waals surface area contributed by atoms with Gasteiger partial charge in [0.1, 0.15) is 6.04 Å². The van der Waals surface area contributed by atoms with Crippen LogP contribution in [0.2, 0.25) is 0 Å². The summed E-state index contributed by atoms with van der Waals surface area (Å²) in [5, 5.41) is 2.58. The number of carbonyl (C=O) groups is 2. The van der Waals surface area contributed by atoms with Crippen molar-refractivity contribution in [1.82, 2.24) is 10.2 Å². The van der Waals surface area contributed by atoms with E-state index in [0.717, 1.165) is 0 Å². The van der Waals surface area contributed by atoms with Gasteiger partial charge in [-0.25, -0.2) is 4.79 Å². The molecule has 0 saturated heterocycles. The number of carbonyl (C=O) groups excluding carboxylic acids is 2. The molecule has 0 aromatic rings. The summed E-state index contributed by atoms with van der Waals surface area (Å²) in [5.41, 5.74) is 0. The van der Waals surface area contributed by atoms with E-state index < -0.39 is 12.0 Å². The molecule has 0 saturated carbocycles. The highest BCUT2D eigenvalue weighted by Crippen LogP contribution is 1.97. The Kier molecular flexibility index (Phi) is 10.1. The van der Waals surface area contributed by atoms with Gasteiger partial charge in [0.05, 0.1) is 20.3 Å². The molecule has 1 atom stereocenters. The first-order chi connectivity index (χ1) is 9.04. The quantitative estimate of drug-likeness (QED) is 0.530. The van der Waals surface area contributed by atoms with E-state index in [1.165, 1.54) is 14.0 Å². The van der Waals surface area contributed by atoms with E-state index in [0.29, 0.717) is 32.8 Å². The second-order valence-corrected chi connectivity index (χ2v) is 4.06. The zero-order chi connectivity index (χ0) is 14.7. The Morgan fingerprint density at radius 3 is 2.00 bits per heavy atom. The molecule has 1 amide bonds. The summed E-state index contributed by atoms with van der Waals surface area (Å²) in [6.07, 6.45) is 0. The number of hydrogen-bond acceptors (Lipinski definition) is 6. The lowest BCUT2D eigenvalue weighted by molar-refractivity contribution is -0.145. The van der Waals surface area contributed by atoms with Gasteiger partial charge in [0.2, 0.25) is 5.91 Å². The zero-order valence-electron chi connectivity index (χ0n) is 12.1. The van der Waals surface area contributed by atoms with Gasteiger partial charge in [0.15, 0.2) is 0 Å². The fourth-order valence-electron chi connectivity index (χ4n) is 1.56. The molecule has 19 heavy (non-hydrogen) atoms. The predicted octanol–water partition coefficient (Wildman–Crippen LogP) is -0.741. The highest BCUT2D eigenvalue weighted by molar-refractivity contribution is 5.83. The van der Waals surface area contributed by atoms with Gasteiger partial charge >= 0.3 is 5.97 Å². The number of rotatable bonds is 10. The maximum atomic E-state index is 11.6. The molecule has 7 heteroatoms. The molecule has 0 aromatic carbocycles. The molecule has 0 bridgehead atoms. The summed E-state index contributed by atoms with van der Waals surface area (Å²) < 4.78 is 14.7. The number of methoxy groups -OCH3 is 3. The van der Waals surface area contributed by atoms with Gasteiger partial charge in [-0.1, -0.05) is 0 Å². The molecule has 0 spiro atoms. The molecule has 0 rings (SSSR count). The van der Waals surface area contributed by atoms with Crippen molar-refractivity contribution in [1.29, 1.82) is 0 Å². The van der Waals surface area contributed by atoms with Crippen molar-refractivity contribution >= 4 is 11.9 Å². The van der Waals surface area contributed by atoms with Crippen molar-refractivity contribution in [2.45, 2.75) is 13.0 Å². The normalized spacial score (nSPS) is 12.3. The average molecular weight is 276 g/mol. The Labute approximate surface area is 114 Å². The minimum atomic E-state index is -0.684. The third kappa shape index (κ3) is 8.52. The maximum Gasteiger partial charge on any atom is 0.329 e. The van der Waals surface area contributed by atoms with Crippen LogP contribution in [0.5, 0.6) is 0 Å². The van der Waals surface area contributed by atoms with Crippen LogP contribution in [0.4, 0.5) is 0 Å². The number of nitrogens with zero attached hydrogens (tertiary/aromatic N) is 1. The SMILES string of the molecule is COCCN(CCOC)CC(NC(C)=O)C(=O)OC. The van der Waals surface area contributed by atoms with Gasteiger partial charge < -0.3 is 19.5 Å². The Morgan fingerprint density at radius 1 is 1.11 bits per heavy atom. The average Bonchev–Trinajstić information content (AvgIpc) is 2.39. The smallest absolute Gasteiger partial charge is 0.329 e. The number of nitrogens with one attached hydrogen (secondary N) is 1. The molecule has 0 aromatic heterocycles. The van der Waals surface area contributed by atoms with Gasteiger partial charge in [-0.3, -0.25) is 9.69 Å². The molecule has 0 aliphatic heterocycles. The van der Waals surface area contributed by atoms with Crippen LogP contribution in [-0.4, -0.2) is 77.0 Å². The van der Waals surface area contributed by atoms with E-state index in [1.54, 1.807) is 14.2 Å². The fourth-order valence-corrected chi connectivity index (χ4v) is 1.56. The highest BCUT2D eigenvalue weighted by Gasteiger charge is 2.23. The lowest BCUT2D eigenvalue weighted by Gasteiger charge is -2.26. The summed E-state index contributed by atoms with van der Waals surface area (Å²) in [5.74, 6) is -0.733. The van der Waals surface area contributed by atoms with Gasteiger partial charge in [-0.2, -0.15) is 0 Å². The minimum Gasteiger partial charge on any atom is -0.467 e. The lowest BCUT2D eigenvalue weighted by Crippen LogP contribution is -2.49. The molecule has 7 nitrogen and oxygen atoms in total. The van der Waals surface area contributed by atoms with Crippen LogP contribution in [0, 0.1) is 0 Å². The standard InChI is InChI=1S/C12H24N2O5/c1-10(15)13-11(12(16)19-4)9-14(5-7-17-2)6-8-18-3/h11H,5-9H2,1-4H3,(H,13,15). The summed E-state index contributed by atoms with van der Waals surface area (Å²) in [4.78, 5) is 24.7. The van der Waals surface area contributed by atoms with Crippen molar-refractivity contribution in [2.24, 2.45) is 0 Å². The van der Waals surface area contributed by atoms with Crippen molar-refractivity contribution in [3.05, 3.63) is 0 Å². The number of amides is 1. The van der Waals surface area contributed by atoms with Gasteiger partial charge in [-0.05, 0) is 0 Å². The van der Waals surface area contributed by atoms with E-state index in [4.69, 9.17) is 9.47 Å². The number of hydrogen-bond donors (Lipinski definition) is 1. The van der Waals surface area contributed by atoms with Gasteiger partial charge in [0, 0.05) is 40.8 Å². The van der Waals surface area contributed by atoms with E-state index in [-0.39, 0.29) is 5.91 Å². The molecular formula is C12H24N2O5. The predicted molar refractivity (Wildman–Crippen MR) is 69.8 cm³/mol. The molecule has 0 heterocycles. The van der Waals surface area contributed by atoms with Crippen molar-refractivity contribution < 1.29 is 23.8 Å². The molecule has 0 aliphatic carbocycles. The number of ether oxygens (including phenoxy) is 3. The van der Waals surface area contributed by atoms with E-state index in [9.17, 15) is 9.59 Å². The first-order valence-electron chi connectivity index (χ1n) is 6.10. The minimum absolute atomic E-state index is 0.270. The summed E-state index contributed by atoms with van der Waals surface area (Å²) in [6, 6.07) is -0.684. The lowest BCUT2D eigenvalue weighted by atomic mass is 10.2. The van der Waals surface area contributed by atoms with Crippen LogP contribution in [0.1, 0.15) is 6.92 Å².